The standard InChI is InChI=1S/C18H23ClN2O3S/c1-3-11-20(12-4-2)18(22)15-6-5-13-21(14-15)25(23,24)17-9-7-16(19)8-10-17/h3-4,7-10,15H,1-2,5-6,11-14H2. The van der Waals surface area contributed by atoms with Gasteiger partial charge in [-0.05, 0) is 37.1 Å². The Bertz CT molecular complexity index is 721. The van der Waals surface area contributed by atoms with E-state index >= 15 is 0 Å². The quantitative estimate of drug-likeness (QED) is 0.681. The van der Waals surface area contributed by atoms with Gasteiger partial charge in [0.05, 0.1) is 10.8 Å². The number of carbonyl (C=O) groups excluding carboxylic acids is 1. The molecule has 1 saturated heterocycles. The van der Waals surface area contributed by atoms with Crippen LogP contribution in [0.25, 0.3) is 0 Å². The van der Waals surface area contributed by atoms with Crippen molar-refractivity contribution in [3.8, 4) is 0 Å². The predicted octanol–water partition coefficient (Wildman–Crippen LogP) is 2.94. The summed E-state index contributed by atoms with van der Waals surface area (Å²) in [5.74, 6) is -0.411. The van der Waals surface area contributed by atoms with Crippen molar-refractivity contribution < 1.29 is 13.2 Å². The Balaban J connectivity index is 2.16. The minimum absolute atomic E-state index is 0.0594. The molecular weight excluding hydrogens is 360 g/mol. The third-order valence-corrected chi connectivity index (χ3v) is 6.33. The summed E-state index contributed by atoms with van der Waals surface area (Å²) in [7, 11) is -3.63. The van der Waals surface area contributed by atoms with Gasteiger partial charge in [0.1, 0.15) is 0 Å². The lowest BCUT2D eigenvalue weighted by atomic mass is 9.98. The van der Waals surface area contributed by atoms with Crippen molar-refractivity contribution in [2.75, 3.05) is 26.2 Å². The van der Waals surface area contributed by atoms with Crippen molar-refractivity contribution in [3.05, 3.63) is 54.6 Å². The topological polar surface area (TPSA) is 57.7 Å². The molecule has 0 saturated carbocycles. The van der Waals surface area contributed by atoms with E-state index in [1.54, 1.807) is 29.2 Å². The largest absolute Gasteiger partial charge is 0.335 e. The van der Waals surface area contributed by atoms with Gasteiger partial charge in [0, 0.05) is 31.2 Å². The highest BCUT2D eigenvalue weighted by Crippen LogP contribution is 2.25. The van der Waals surface area contributed by atoms with Gasteiger partial charge in [0.15, 0.2) is 0 Å². The molecule has 1 aromatic rings. The number of halogens is 1. The highest BCUT2D eigenvalue weighted by atomic mass is 35.5. The average Bonchev–Trinajstić information content (AvgIpc) is 2.61. The third-order valence-electron chi connectivity index (χ3n) is 4.20. The maximum atomic E-state index is 12.8. The first-order valence-electron chi connectivity index (χ1n) is 8.16. The number of amides is 1. The molecule has 5 nitrogen and oxygen atoms in total. The summed E-state index contributed by atoms with van der Waals surface area (Å²) in [5, 5.41) is 0.482. The number of piperidine rings is 1. The van der Waals surface area contributed by atoms with E-state index in [2.05, 4.69) is 13.2 Å². The Kier molecular flexibility index (Phi) is 6.81. The molecule has 0 N–H and O–H groups in total. The Hall–Kier alpha value is -1.63. The molecule has 2 rings (SSSR count). The highest BCUT2D eigenvalue weighted by Gasteiger charge is 2.34. The second kappa shape index (κ2) is 8.65. The molecule has 0 bridgehead atoms. The van der Waals surface area contributed by atoms with Gasteiger partial charge in [-0.2, -0.15) is 4.31 Å². The summed E-state index contributed by atoms with van der Waals surface area (Å²) in [6, 6.07) is 6.09. The molecule has 1 aliphatic rings. The molecular formula is C18H23ClN2O3S. The lowest BCUT2D eigenvalue weighted by molar-refractivity contribution is -0.135. The van der Waals surface area contributed by atoms with Crippen LogP contribution in [-0.4, -0.2) is 49.7 Å². The zero-order chi connectivity index (χ0) is 18.4. The van der Waals surface area contributed by atoms with Crippen LogP contribution in [0.3, 0.4) is 0 Å². The Morgan fingerprint density at radius 1 is 1.24 bits per heavy atom. The van der Waals surface area contributed by atoms with Crippen molar-refractivity contribution in [1.29, 1.82) is 0 Å². The number of rotatable bonds is 7. The van der Waals surface area contributed by atoms with Gasteiger partial charge in [0.25, 0.3) is 0 Å². The summed E-state index contributed by atoms with van der Waals surface area (Å²) < 4.78 is 27.0. The number of benzene rings is 1. The maximum Gasteiger partial charge on any atom is 0.243 e. The Morgan fingerprint density at radius 3 is 2.40 bits per heavy atom. The van der Waals surface area contributed by atoms with Gasteiger partial charge in [-0.25, -0.2) is 8.42 Å². The molecule has 1 aromatic carbocycles. The molecule has 1 heterocycles. The molecule has 7 heteroatoms. The molecule has 0 aromatic heterocycles. The molecule has 1 unspecified atom stereocenters. The third kappa shape index (κ3) is 4.71. The van der Waals surface area contributed by atoms with E-state index in [9.17, 15) is 13.2 Å². The predicted molar refractivity (Wildman–Crippen MR) is 99.9 cm³/mol. The van der Waals surface area contributed by atoms with Crippen LogP contribution in [0.2, 0.25) is 5.02 Å². The normalized spacial score (nSPS) is 18.5. The van der Waals surface area contributed by atoms with Crippen molar-refractivity contribution in [2.24, 2.45) is 5.92 Å². The summed E-state index contributed by atoms with van der Waals surface area (Å²) in [6.07, 6.45) is 4.65. The molecule has 0 aliphatic carbocycles. The smallest absolute Gasteiger partial charge is 0.243 e. The van der Waals surface area contributed by atoms with E-state index in [-0.39, 0.29) is 23.3 Å². The Labute approximate surface area is 154 Å². The van der Waals surface area contributed by atoms with Crippen LogP contribution in [0.15, 0.2) is 54.5 Å². The molecule has 1 fully saturated rings. The summed E-state index contributed by atoms with van der Waals surface area (Å²) in [5.41, 5.74) is 0. The second-order valence-electron chi connectivity index (χ2n) is 5.98. The zero-order valence-electron chi connectivity index (χ0n) is 14.1. The van der Waals surface area contributed by atoms with Gasteiger partial charge in [-0.1, -0.05) is 23.8 Å². The lowest BCUT2D eigenvalue weighted by Gasteiger charge is -2.33. The van der Waals surface area contributed by atoms with Crippen LogP contribution < -0.4 is 0 Å². The summed E-state index contributed by atoms with van der Waals surface area (Å²) in [4.78, 5) is 14.6. The van der Waals surface area contributed by atoms with Crippen LogP contribution >= 0.6 is 11.6 Å². The number of sulfonamides is 1. The lowest BCUT2D eigenvalue weighted by Crippen LogP contribution is -2.46. The first kappa shape index (κ1) is 19.7. The van der Waals surface area contributed by atoms with Gasteiger partial charge in [-0.3, -0.25) is 4.79 Å². The van der Waals surface area contributed by atoms with Crippen molar-refractivity contribution in [3.63, 3.8) is 0 Å². The molecule has 1 amide bonds. The van der Waals surface area contributed by atoms with E-state index in [0.717, 1.165) is 0 Å². The fourth-order valence-corrected chi connectivity index (χ4v) is 4.59. The van der Waals surface area contributed by atoms with Crippen LogP contribution in [0, 0.1) is 5.92 Å². The van der Waals surface area contributed by atoms with Crippen LogP contribution in [-0.2, 0) is 14.8 Å². The summed E-state index contributed by atoms with van der Waals surface area (Å²) in [6.45, 7) is 8.78. The monoisotopic (exact) mass is 382 g/mol. The van der Waals surface area contributed by atoms with Crippen LogP contribution in [0.1, 0.15) is 12.8 Å². The number of carbonyl (C=O) groups is 1. The van der Waals surface area contributed by atoms with Gasteiger partial charge < -0.3 is 4.90 Å². The number of hydrogen-bond donors (Lipinski definition) is 0. The zero-order valence-corrected chi connectivity index (χ0v) is 15.7. The van der Waals surface area contributed by atoms with Crippen LogP contribution in [0.5, 0.6) is 0 Å². The minimum Gasteiger partial charge on any atom is -0.335 e. The number of nitrogens with zero attached hydrogens (tertiary/aromatic N) is 2. The van der Waals surface area contributed by atoms with E-state index in [1.807, 2.05) is 0 Å². The van der Waals surface area contributed by atoms with Crippen molar-refractivity contribution in [1.82, 2.24) is 9.21 Å². The Morgan fingerprint density at radius 2 is 1.84 bits per heavy atom. The van der Waals surface area contributed by atoms with E-state index in [1.165, 1.54) is 16.4 Å². The first-order chi connectivity index (χ1) is 11.9. The van der Waals surface area contributed by atoms with Crippen molar-refractivity contribution in [2.45, 2.75) is 17.7 Å². The van der Waals surface area contributed by atoms with E-state index in [4.69, 9.17) is 11.6 Å². The molecule has 0 radical (unpaired) electrons. The molecule has 1 atom stereocenters. The van der Waals surface area contributed by atoms with Gasteiger partial charge in [-0.15, -0.1) is 13.2 Å². The summed E-state index contributed by atoms with van der Waals surface area (Å²) >= 11 is 5.83. The van der Waals surface area contributed by atoms with Gasteiger partial charge in [0.2, 0.25) is 15.9 Å². The van der Waals surface area contributed by atoms with Gasteiger partial charge >= 0.3 is 0 Å². The average molecular weight is 383 g/mol. The molecule has 136 valence electrons. The fourth-order valence-electron chi connectivity index (χ4n) is 2.94. The fraction of sp³-hybridized carbons (Fsp3) is 0.389. The van der Waals surface area contributed by atoms with E-state index in [0.29, 0.717) is 37.5 Å². The molecule has 0 spiro atoms. The molecule has 1 aliphatic heterocycles. The first-order valence-corrected chi connectivity index (χ1v) is 9.98. The van der Waals surface area contributed by atoms with Crippen LogP contribution in [0.4, 0.5) is 0 Å². The highest BCUT2D eigenvalue weighted by molar-refractivity contribution is 7.89. The molecule has 25 heavy (non-hydrogen) atoms. The van der Waals surface area contributed by atoms with Crippen molar-refractivity contribution >= 4 is 27.5 Å². The van der Waals surface area contributed by atoms with E-state index < -0.39 is 10.0 Å². The SMILES string of the molecule is C=CCN(CC=C)C(=O)C1CCCN(S(=O)(=O)c2ccc(Cl)cc2)C1. The maximum absolute atomic E-state index is 12.8. The minimum atomic E-state index is -3.63. The number of hydrogen-bond acceptors (Lipinski definition) is 3. The second-order valence-corrected chi connectivity index (χ2v) is 8.35.